The lowest BCUT2D eigenvalue weighted by molar-refractivity contribution is 0.0729. The average molecular weight is 357 g/mol. The first kappa shape index (κ1) is 15.7. The summed E-state index contributed by atoms with van der Waals surface area (Å²) < 4.78 is 26.7. The highest BCUT2D eigenvalue weighted by atomic mass is 32.1. The van der Waals surface area contributed by atoms with Crippen molar-refractivity contribution in [1.29, 1.82) is 0 Å². The summed E-state index contributed by atoms with van der Waals surface area (Å²) in [5.74, 6) is -2.00. The molecule has 25 heavy (non-hydrogen) atoms. The van der Waals surface area contributed by atoms with E-state index in [1.165, 1.54) is 6.07 Å². The average Bonchev–Trinajstić information content (AvgIpc) is 3.21. The normalized spacial score (nSPS) is 16.2. The number of carbonyl (C=O) groups is 1. The summed E-state index contributed by atoms with van der Waals surface area (Å²) >= 11 is 1.55. The Hall–Kier alpha value is -2.80. The zero-order valence-corrected chi connectivity index (χ0v) is 13.8. The Bertz CT molecular complexity index is 930. The quantitative estimate of drug-likeness (QED) is 0.762. The van der Waals surface area contributed by atoms with Crippen LogP contribution >= 0.6 is 11.3 Å². The van der Waals surface area contributed by atoms with Crippen LogP contribution in [0.15, 0.2) is 54.0 Å². The molecule has 7 heteroatoms. The first-order valence-corrected chi connectivity index (χ1v) is 8.51. The number of benzene rings is 1. The molecule has 1 aromatic carbocycles. The Morgan fingerprint density at radius 2 is 2.04 bits per heavy atom. The first-order chi connectivity index (χ1) is 12.1. The smallest absolute Gasteiger partial charge is 0.258 e. The minimum atomic E-state index is -0.944. The molecular formula is C18H13F2N3OS. The molecule has 2 aromatic heterocycles. The van der Waals surface area contributed by atoms with E-state index in [1.54, 1.807) is 34.6 Å². The number of thiophene rings is 1. The van der Waals surface area contributed by atoms with E-state index in [1.807, 2.05) is 17.5 Å². The van der Waals surface area contributed by atoms with E-state index in [0.29, 0.717) is 23.5 Å². The van der Waals surface area contributed by atoms with E-state index >= 15 is 0 Å². The van der Waals surface area contributed by atoms with Gasteiger partial charge in [0.1, 0.15) is 6.17 Å². The number of nitrogens with zero attached hydrogens (tertiary/aromatic N) is 2. The third-order valence-corrected chi connectivity index (χ3v) is 4.89. The molecule has 3 aromatic rings. The lowest BCUT2D eigenvalue weighted by Crippen LogP contribution is -2.31. The fourth-order valence-electron chi connectivity index (χ4n) is 2.86. The Kier molecular flexibility index (Phi) is 3.93. The van der Waals surface area contributed by atoms with E-state index < -0.39 is 17.8 Å². The Balaban J connectivity index is 1.70. The van der Waals surface area contributed by atoms with Crippen molar-refractivity contribution in [3.8, 4) is 0 Å². The third-order valence-electron chi connectivity index (χ3n) is 4.03. The van der Waals surface area contributed by atoms with Crippen LogP contribution in [0.4, 0.5) is 14.5 Å². The number of pyridine rings is 1. The SMILES string of the molecule is O=C1c2cccnc2[C@@H](Nc2ccc(F)c(F)c2)N1Cc1cccs1. The minimum absolute atomic E-state index is 0.142. The van der Waals surface area contributed by atoms with Crippen LogP contribution in [0, 0.1) is 11.6 Å². The fourth-order valence-corrected chi connectivity index (χ4v) is 3.56. The molecule has 0 fully saturated rings. The van der Waals surface area contributed by atoms with Gasteiger partial charge in [-0.15, -0.1) is 11.3 Å². The number of hydrogen-bond acceptors (Lipinski definition) is 4. The Morgan fingerprint density at radius 3 is 2.80 bits per heavy atom. The van der Waals surface area contributed by atoms with Gasteiger partial charge < -0.3 is 10.2 Å². The van der Waals surface area contributed by atoms with Gasteiger partial charge in [0, 0.05) is 22.8 Å². The second-order valence-corrected chi connectivity index (χ2v) is 6.66. The number of rotatable bonds is 4. The van der Waals surface area contributed by atoms with Gasteiger partial charge in [0.25, 0.3) is 5.91 Å². The Morgan fingerprint density at radius 1 is 1.16 bits per heavy atom. The zero-order chi connectivity index (χ0) is 17.4. The molecule has 1 N–H and O–H groups in total. The Labute approximate surface area is 146 Å². The van der Waals surface area contributed by atoms with Gasteiger partial charge in [-0.05, 0) is 35.7 Å². The summed E-state index contributed by atoms with van der Waals surface area (Å²) in [5, 5.41) is 5.04. The van der Waals surface area contributed by atoms with Crippen molar-refractivity contribution in [2.45, 2.75) is 12.7 Å². The highest BCUT2D eigenvalue weighted by molar-refractivity contribution is 7.09. The standard InChI is InChI=1S/C18H13F2N3OS/c19-14-6-5-11(9-15(14)20)22-17-16-13(4-1-7-21-16)18(24)23(17)10-12-3-2-8-25-12/h1-9,17,22H,10H2/t17-/m0/s1. The molecule has 1 atom stereocenters. The second-order valence-electron chi connectivity index (χ2n) is 5.62. The summed E-state index contributed by atoms with van der Waals surface area (Å²) in [6.07, 6.45) is 1.07. The van der Waals surface area contributed by atoms with Gasteiger partial charge in [-0.1, -0.05) is 6.07 Å². The van der Waals surface area contributed by atoms with Gasteiger partial charge >= 0.3 is 0 Å². The summed E-state index contributed by atoms with van der Waals surface area (Å²) in [4.78, 5) is 19.7. The molecule has 4 rings (SSSR count). The van der Waals surface area contributed by atoms with Gasteiger partial charge in [-0.25, -0.2) is 8.78 Å². The van der Waals surface area contributed by atoms with Gasteiger partial charge in [-0.3, -0.25) is 9.78 Å². The highest BCUT2D eigenvalue weighted by Gasteiger charge is 2.38. The summed E-state index contributed by atoms with van der Waals surface area (Å²) in [5.41, 5.74) is 1.47. The van der Waals surface area contributed by atoms with Gasteiger partial charge in [0.15, 0.2) is 11.6 Å². The highest BCUT2D eigenvalue weighted by Crippen LogP contribution is 2.34. The monoisotopic (exact) mass is 357 g/mol. The summed E-state index contributed by atoms with van der Waals surface area (Å²) in [6.45, 7) is 0.411. The number of anilines is 1. The molecule has 0 bridgehead atoms. The predicted octanol–water partition coefficient (Wildman–Crippen LogP) is 4.19. The van der Waals surface area contributed by atoms with Crippen molar-refractivity contribution in [3.05, 3.63) is 81.8 Å². The van der Waals surface area contributed by atoms with Crippen molar-refractivity contribution in [1.82, 2.24) is 9.88 Å². The van der Waals surface area contributed by atoms with Crippen LogP contribution in [-0.4, -0.2) is 15.8 Å². The fraction of sp³-hybridized carbons (Fsp3) is 0.111. The topological polar surface area (TPSA) is 45.2 Å². The maximum atomic E-state index is 13.5. The number of halogens is 2. The van der Waals surface area contributed by atoms with Gasteiger partial charge in [0.05, 0.1) is 17.8 Å². The molecule has 0 saturated heterocycles. The number of fused-ring (bicyclic) bond motifs is 1. The summed E-state index contributed by atoms with van der Waals surface area (Å²) in [7, 11) is 0. The lowest BCUT2D eigenvalue weighted by atomic mass is 10.2. The largest absolute Gasteiger partial charge is 0.360 e. The third kappa shape index (κ3) is 2.87. The van der Waals surface area contributed by atoms with E-state index in [0.717, 1.165) is 17.0 Å². The van der Waals surface area contributed by atoms with Crippen LogP contribution in [0.1, 0.15) is 27.1 Å². The lowest BCUT2D eigenvalue weighted by Gasteiger charge is -2.26. The molecule has 3 heterocycles. The van der Waals surface area contributed by atoms with Crippen molar-refractivity contribution in [2.24, 2.45) is 0 Å². The minimum Gasteiger partial charge on any atom is -0.360 e. The molecule has 0 saturated carbocycles. The number of carbonyl (C=O) groups excluding carboxylic acids is 1. The number of hydrogen-bond donors (Lipinski definition) is 1. The molecule has 1 amide bonds. The van der Waals surface area contributed by atoms with Crippen LogP contribution in [0.25, 0.3) is 0 Å². The number of amides is 1. The van der Waals surface area contributed by atoms with Gasteiger partial charge in [-0.2, -0.15) is 0 Å². The van der Waals surface area contributed by atoms with Crippen molar-refractivity contribution < 1.29 is 13.6 Å². The molecule has 0 spiro atoms. The first-order valence-electron chi connectivity index (χ1n) is 7.63. The molecule has 0 aliphatic carbocycles. The molecule has 0 unspecified atom stereocenters. The number of aromatic nitrogens is 1. The van der Waals surface area contributed by atoms with Crippen LogP contribution < -0.4 is 5.32 Å². The van der Waals surface area contributed by atoms with Crippen molar-refractivity contribution in [2.75, 3.05) is 5.32 Å². The predicted molar refractivity (Wildman–Crippen MR) is 91.2 cm³/mol. The van der Waals surface area contributed by atoms with E-state index in [9.17, 15) is 13.6 Å². The van der Waals surface area contributed by atoms with Crippen LogP contribution in [0.2, 0.25) is 0 Å². The molecule has 126 valence electrons. The van der Waals surface area contributed by atoms with Crippen molar-refractivity contribution >= 4 is 22.9 Å². The second kappa shape index (κ2) is 6.25. The van der Waals surface area contributed by atoms with Crippen LogP contribution in [0.3, 0.4) is 0 Å². The van der Waals surface area contributed by atoms with E-state index in [4.69, 9.17) is 0 Å². The maximum absolute atomic E-state index is 13.5. The summed E-state index contributed by atoms with van der Waals surface area (Å²) in [6, 6.07) is 10.9. The maximum Gasteiger partial charge on any atom is 0.258 e. The molecule has 0 radical (unpaired) electrons. The number of nitrogens with one attached hydrogen (secondary N) is 1. The molecule has 1 aliphatic heterocycles. The van der Waals surface area contributed by atoms with Crippen molar-refractivity contribution in [3.63, 3.8) is 0 Å². The molecular weight excluding hydrogens is 344 g/mol. The van der Waals surface area contributed by atoms with Crippen LogP contribution in [0.5, 0.6) is 0 Å². The molecule has 1 aliphatic rings. The van der Waals surface area contributed by atoms with E-state index in [2.05, 4.69) is 10.3 Å². The molecule has 4 nitrogen and oxygen atoms in total. The zero-order valence-electron chi connectivity index (χ0n) is 12.9. The van der Waals surface area contributed by atoms with E-state index in [-0.39, 0.29) is 5.91 Å². The van der Waals surface area contributed by atoms with Crippen LogP contribution in [-0.2, 0) is 6.54 Å². The van der Waals surface area contributed by atoms with Gasteiger partial charge in [0.2, 0.25) is 0 Å².